The number of nitrogens with one attached hydrogen (secondary N) is 2. The van der Waals surface area contributed by atoms with Crippen LogP contribution < -0.4 is 21.1 Å². The maximum Gasteiger partial charge on any atom is 0.252 e. The Hall–Kier alpha value is -1.88. The summed E-state index contributed by atoms with van der Waals surface area (Å²) in [5.74, 6) is -0.187. The molecule has 1 unspecified atom stereocenters. The first-order valence-corrected chi connectivity index (χ1v) is 9.66. The lowest BCUT2D eigenvalue weighted by atomic mass is 9.94. The van der Waals surface area contributed by atoms with Crippen molar-refractivity contribution in [2.75, 3.05) is 19.6 Å². The molecule has 142 valence electrons. The molecule has 3 rings (SSSR count). The number of hydrogen-bond donors (Lipinski definition) is 2. The first-order valence-electron chi connectivity index (χ1n) is 9.66. The Labute approximate surface area is 155 Å². The molecule has 4 nitrogen and oxygen atoms in total. The molecule has 1 amide bonds. The van der Waals surface area contributed by atoms with E-state index in [2.05, 4.69) is 48.6 Å². The third-order valence-corrected chi connectivity index (χ3v) is 5.51. The number of nitrogens with zero attached hydrogens (tertiary/aromatic N) is 1. The Kier molecular flexibility index (Phi) is 5.66. The van der Waals surface area contributed by atoms with Crippen LogP contribution in [0.5, 0.6) is 0 Å². The summed E-state index contributed by atoms with van der Waals surface area (Å²) in [5.41, 5.74) is -0.667. The van der Waals surface area contributed by atoms with Crippen LogP contribution in [0.4, 0.5) is 4.39 Å². The molecule has 26 heavy (non-hydrogen) atoms. The van der Waals surface area contributed by atoms with Gasteiger partial charge in [-0.2, -0.15) is 0 Å². The number of piperidine rings is 1. The number of hydrogen-bond acceptors (Lipinski definition) is 3. The van der Waals surface area contributed by atoms with Crippen LogP contribution in [0.25, 0.3) is 12.3 Å². The van der Waals surface area contributed by atoms with Crippen molar-refractivity contribution in [3.05, 3.63) is 34.2 Å². The summed E-state index contributed by atoms with van der Waals surface area (Å²) in [6.45, 7) is 7.96. The van der Waals surface area contributed by atoms with Gasteiger partial charge in [0, 0.05) is 23.8 Å². The van der Waals surface area contributed by atoms with E-state index in [9.17, 15) is 9.18 Å². The van der Waals surface area contributed by atoms with Crippen LogP contribution in [0.15, 0.2) is 18.2 Å². The summed E-state index contributed by atoms with van der Waals surface area (Å²) in [6, 6.07) is 6.55. The summed E-state index contributed by atoms with van der Waals surface area (Å²) >= 11 is 0. The third-order valence-electron chi connectivity index (χ3n) is 5.51. The number of carbonyl (C=O) groups is 1. The maximum absolute atomic E-state index is 14.8. The van der Waals surface area contributed by atoms with E-state index in [-0.39, 0.29) is 12.5 Å². The van der Waals surface area contributed by atoms with Crippen LogP contribution in [-0.4, -0.2) is 48.2 Å². The lowest BCUT2D eigenvalue weighted by molar-refractivity contribution is 0.0836. The SMILES string of the molecule is CC(C)N1C=c2cccc(C(=O)NCC3(F)CCNCC3)c2=CCC1C. The van der Waals surface area contributed by atoms with Gasteiger partial charge < -0.3 is 15.5 Å². The second-order valence-corrected chi connectivity index (χ2v) is 7.85. The summed E-state index contributed by atoms with van der Waals surface area (Å²) in [6.07, 6.45) is 6.06. The van der Waals surface area contributed by atoms with E-state index in [0.717, 1.165) is 16.9 Å². The van der Waals surface area contributed by atoms with Gasteiger partial charge in [0.1, 0.15) is 5.67 Å². The molecule has 1 saturated heterocycles. The molecule has 0 spiro atoms. The highest BCUT2D eigenvalue weighted by Gasteiger charge is 2.32. The normalized spacial score (nSPS) is 22.0. The van der Waals surface area contributed by atoms with Crippen LogP contribution >= 0.6 is 0 Å². The fraction of sp³-hybridized carbons (Fsp3) is 0.571. The van der Waals surface area contributed by atoms with Crippen molar-refractivity contribution in [2.45, 2.75) is 57.8 Å². The quantitative estimate of drug-likeness (QED) is 0.857. The number of fused-ring (bicyclic) bond motifs is 1. The molecule has 1 aromatic rings. The molecule has 1 fully saturated rings. The van der Waals surface area contributed by atoms with Crippen molar-refractivity contribution in [1.82, 2.24) is 15.5 Å². The van der Waals surface area contributed by atoms with Crippen LogP contribution in [0.3, 0.4) is 0 Å². The summed E-state index contributed by atoms with van der Waals surface area (Å²) in [5, 5.41) is 8.00. The Balaban J connectivity index is 1.85. The number of carbonyl (C=O) groups excluding carboxylic acids is 1. The van der Waals surface area contributed by atoms with Crippen molar-refractivity contribution < 1.29 is 9.18 Å². The van der Waals surface area contributed by atoms with Gasteiger partial charge in [0.15, 0.2) is 0 Å². The van der Waals surface area contributed by atoms with Gasteiger partial charge in [0.2, 0.25) is 0 Å². The van der Waals surface area contributed by atoms with E-state index in [1.807, 2.05) is 18.2 Å². The highest BCUT2D eigenvalue weighted by atomic mass is 19.1. The zero-order valence-corrected chi connectivity index (χ0v) is 16.0. The predicted molar refractivity (Wildman–Crippen MR) is 104 cm³/mol. The predicted octanol–water partition coefficient (Wildman–Crippen LogP) is 1.53. The minimum atomic E-state index is -1.30. The average molecular weight is 359 g/mol. The zero-order valence-electron chi connectivity index (χ0n) is 16.0. The first-order chi connectivity index (χ1) is 12.4. The molecule has 0 bridgehead atoms. The maximum atomic E-state index is 14.8. The second kappa shape index (κ2) is 7.78. The van der Waals surface area contributed by atoms with E-state index in [4.69, 9.17) is 0 Å². The zero-order chi connectivity index (χ0) is 18.7. The van der Waals surface area contributed by atoms with Crippen molar-refractivity contribution in [1.29, 1.82) is 0 Å². The molecule has 2 aliphatic heterocycles. The number of benzene rings is 1. The Morgan fingerprint density at radius 1 is 1.38 bits per heavy atom. The Bertz CT molecular complexity index is 768. The molecule has 2 heterocycles. The smallest absolute Gasteiger partial charge is 0.252 e. The topological polar surface area (TPSA) is 44.4 Å². The minimum Gasteiger partial charge on any atom is -0.371 e. The van der Waals surface area contributed by atoms with Crippen LogP contribution in [0.1, 0.15) is 50.4 Å². The average Bonchev–Trinajstić information content (AvgIpc) is 2.79. The van der Waals surface area contributed by atoms with Gasteiger partial charge in [-0.1, -0.05) is 18.2 Å². The van der Waals surface area contributed by atoms with Crippen LogP contribution in [-0.2, 0) is 0 Å². The van der Waals surface area contributed by atoms with Gasteiger partial charge in [-0.3, -0.25) is 4.79 Å². The Morgan fingerprint density at radius 3 is 2.81 bits per heavy atom. The molecule has 0 aromatic heterocycles. The lowest BCUT2D eigenvalue weighted by Gasteiger charge is -2.30. The van der Waals surface area contributed by atoms with Gasteiger partial charge in [0.25, 0.3) is 5.91 Å². The fourth-order valence-electron chi connectivity index (χ4n) is 3.86. The molecule has 1 atom stereocenters. The van der Waals surface area contributed by atoms with E-state index in [0.29, 0.717) is 43.6 Å². The summed E-state index contributed by atoms with van der Waals surface area (Å²) in [4.78, 5) is 15.1. The number of alkyl halides is 1. The molecule has 1 aromatic carbocycles. The van der Waals surface area contributed by atoms with Gasteiger partial charge in [-0.05, 0) is 69.6 Å². The van der Waals surface area contributed by atoms with Crippen LogP contribution in [0.2, 0.25) is 0 Å². The van der Waals surface area contributed by atoms with E-state index >= 15 is 0 Å². The van der Waals surface area contributed by atoms with Crippen LogP contribution in [0, 0.1) is 0 Å². The molecule has 0 radical (unpaired) electrons. The van der Waals surface area contributed by atoms with Gasteiger partial charge in [0.05, 0.1) is 6.54 Å². The lowest BCUT2D eigenvalue weighted by Crippen LogP contribution is -2.47. The monoisotopic (exact) mass is 359 g/mol. The summed E-state index contributed by atoms with van der Waals surface area (Å²) < 4.78 is 14.8. The number of rotatable bonds is 4. The fourth-order valence-corrected chi connectivity index (χ4v) is 3.86. The highest BCUT2D eigenvalue weighted by molar-refractivity contribution is 5.94. The van der Waals surface area contributed by atoms with Gasteiger partial charge >= 0.3 is 0 Å². The van der Waals surface area contributed by atoms with Gasteiger partial charge in [-0.25, -0.2) is 4.39 Å². The molecular formula is C21H30FN3O. The van der Waals surface area contributed by atoms with Crippen molar-refractivity contribution in [3.63, 3.8) is 0 Å². The minimum absolute atomic E-state index is 0.0788. The molecule has 2 N–H and O–H groups in total. The van der Waals surface area contributed by atoms with Gasteiger partial charge in [-0.15, -0.1) is 0 Å². The van der Waals surface area contributed by atoms with E-state index in [1.54, 1.807) is 0 Å². The van der Waals surface area contributed by atoms with Crippen molar-refractivity contribution >= 4 is 18.2 Å². The summed E-state index contributed by atoms with van der Waals surface area (Å²) in [7, 11) is 0. The number of halogens is 1. The van der Waals surface area contributed by atoms with Crippen molar-refractivity contribution in [2.24, 2.45) is 0 Å². The molecule has 0 saturated carbocycles. The van der Waals surface area contributed by atoms with E-state index in [1.165, 1.54) is 0 Å². The molecule has 0 aliphatic carbocycles. The standard InChI is InChI=1S/C21H30FN3O/c1-15(2)25-13-17-5-4-6-19(18(17)8-7-16(25)3)20(26)24-14-21(22)9-11-23-12-10-21/h4-6,8,13,15-16,23H,7,9-12,14H2,1-3H3,(H,24,26). The number of amides is 1. The Morgan fingerprint density at radius 2 is 2.12 bits per heavy atom. The highest BCUT2D eigenvalue weighted by Crippen LogP contribution is 2.22. The molecular weight excluding hydrogens is 329 g/mol. The van der Waals surface area contributed by atoms with E-state index < -0.39 is 5.67 Å². The van der Waals surface area contributed by atoms with Crippen molar-refractivity contribution in [3.8, 4) is 0 Å². The second-order valence-electron chi connectivity index (χ2n) is 7.85. The third kappa shape index (κ3) is 4.09. The molecule has 5 heteroatoms. The first kappa shape index (κ1) is 18.9. The largest absolute Gasteiger partial charge is 0.371 e. The molecule has 2 aliphatic rings.